The van der Waals surface area contributed by atoms with Gasteiger partial charge in [-0.3, -0.25) is 0 Å². The predicted octanol–water partition coefficient (Wildman–Crippen LogP) is 2.24. The fourth-order valence-corrected chi connectivity index (χ4v) is 2.23. The van der Waals surface area contributed by atoms with Crippen molar-refractivity contribution in [3.05, 3.63) is 15.7 Å². The summed E-state index contributed by atoms with van der Waals surface area (Å²) in [6.45, 7) is 2.06. The van der Waals surface area contributed by atoms with E-state index in [4.69, 9.17) is 17.3 Å². The number of aromatic nitrogens is 1. The van der Waals surface area contributed by atoms with Crippen molar-refractivity contribution in [1.29, 1.82) is 0 Å². The molecule has 0 bridgehead atoms. The zero-order valence-corrected chi connectivity index (χ0v) is 11.1. The van der Waals surface area contributed by atoms with Gasteiger partial charge in [0.2, 0.25) is 0 Å². The van der Waals surface area contributed by atoms with Gasteiger partial charge in [-0.25, -0.2) is 4.98 Å². The molecule has 0 aliphatic carbocycles. The second-order valence-corrected chi connectivity index (χ2v) is 5.08. The van der Waals surface area contributed by atoms with Gasteiger partial charge in [0, 0.05) is 6.04 Å². The van der Waals surface area contributed by atoms with Crippen LogP contribution in [0.1, 0.15) is 12.8 Å². The lowest BCUT2D eigenvalue weighted by atomic mass is 10.1. The maximum Gasteiger partial charge on any atom is 0.151 e. The van der Waals surface area contributed by atoms with Crippen molar-refractivity contribution in [2.75, 3.05) is 24.1 Å². The molecular formula is C10H14BrClN4. The molecular weight excluding hydrogens is 291 g/mol. The third kappa shape index (κ3) is 2.78. The Kier molecular flexibility index (Phi) is 3.89. The van der Waals surface area contributed by atoms with E-state index >= 15 is 0 Å². The fraction of sp³-hybridized carbons (Fsp3) is 0.500. The second-order valence-electron chi connectivity index (χ2n) is 3.87. The summed E-state index contributed by atoms with van der Waals surface area (Å²) in [5.41, 5.74) is 6.50. The minimum absolute atomic E-state index is 0.424. The zero-order valence-electron chi connectivity index (χ0n) is 8.76. The van der Waals surface area contributed by atoms with E-state index < -0.39 is 0 Å². The molecule has 0 amide bonds. The molecule has 1 aromatic heterocycles. The van der Waals surface area contributed by atoms with Crippen LogP contribution in [0, 0.1) is 0 Å². The van der Waals surface area contributed by atoms with Crippen molar-refractivity contribution in [3.63, 3.8) is 0 Å². The first kappa shape index (κ1) is 12.0. The number of hydrogen-bond acceptors (Lipinski definition) is 4. The van der Waals surface area contributed by atoms with Crippen molar-refractivity contribution in [1.82, 2.24) is 10.3 Å². The van der Waals surface area contributed by atoms with E-state index in [1.165, 1.54) is 0 Å². The highest BCUT2D eigenvalue weighted by atomic mass is 79.9. The minimum Gasteiger partial charge on any atom is -0.396 e. The summed E-state index contributed by atoms with van der Waals surface area (Å²) in [5.74, 6) is 0.681. The molecule has 88 valence electrons. The summed E-state index contributed by atoms with van der Waals surface area (Å²) in [5, 5.41) is 7.08. The van der Waals surface area contributed by atoms with Crippen molar-refractivity contribution < 1.29 is 0 Å². The Morgan fingerprint density at radius 1 is 1.50 bits per heavy atom. The van der Waals surface area contributed by atoms with E-state index in [2.05, 4.69) is 31.5 Å². The molecule has 0 aromatic carbocycles. The van der Waals surface area contributed by atoms with E-state index in [0.717, 1.165) is 30.4 Å². The number of rotatable bonds is 2. The van der Waals surface area contributed by atoms with Gasteiger partial charge in [-0.1, -0.05) is 11.6 Å². The van der Waals surface area contributed by atoms with Crippen molar-refractivity contribution in [2.24, 2.45) is 0 Å². The summed E-state index contributed by atoms with van der Waals surface area (Å²) in [7, 11) is 0. The SMILES string of the molecule is Nc1cc(Br)c(Cl)nc1NC1CCNCC1. The molecule has 1 fully saturated rings. The number of piperidine rings is 1. The number of pyridine rings is 1. The molecule has 0 radical (unpaired) electrons. The molecule has 1 aliphatic heterocycles. The van der Waals surface area contributed by atoms with Crippen LogP contribution in [0.15, 0.2) is 10.5 Å². The number of nitrogens with one attached hydrogen (secondary N) is 2. The van der Waals surface area contributed by atoms with Gasteiger partial charge in [-0.05, 0) is 47.9 Å². The molecule has 16 heavy (non-hydrogen) atoms. The number of nitrogens with two attached hydrogens (primary N) is 1. The lowest BCUT2D eigenvalue weighted by Gasteiger charge is -2.24. The highest BCUT2D eigenvalue weighted by molar-refractivity contribution is 9.10. The lowest BCUT2D eigenvalue weighted by Crippen LogP contribution is -2.35. The van der Waals surface area contributed by atoms with Crippen LogP contribution in [-0.4, -0.2) is 24.1 Å². The molecule has 1 saturated heterocycles. The molecule has 1 aliphatic rings. The standard InChI is InChI=1S/C10H14BrClN4/c11-7-5-8(13)10(16-9(7)12)15-6-1-3-14-4-2-6/h5-6,14H,1-4,13H2,(H,15,16). The Hall–Kier alpha value is -0.520. The van der Waals surface area contributed by atoms with Crippen LogP contribution in [0.25, 0.3) is 0 Å². The van der Waals surface area contributed by atoms with E-state index in [1.807, 2.05) is 0 Å². The van der Waals surface area contributed by atoms with Crippen molar-refractivity contribution in [3.8, 4) is 0 Å². The monoisotopic (exact) mass is 304 g/mol. The number of anilines is 2. The average Bonchev–Trinajstić information content (AvgIpc) is 2.27. The molecule has 0 saturated carbocycles. The highest BCUT2D eigenvalue weighted by Gasteiger charge is 2.15. The Bertz CT molecular complexity index is 379. The molecule has 0 spiro atoms. The van der Waals surface area contributed by atoms with E-state index in [1.54, 1.807) is 6.07 Å². The molecule has 0 atom stereocenters. The summed E-state index contributed by atoms with van der Waals surface area (Å²) < 4.78 is 0.725. The third-order valence-electron chi connectivity index (χ3n) is 2.64. The van der Waals surface area contributed by atoms with Crippen molar-refractivity contribution in [2.45, 2.75) is 18.9 Å². The second kappa shape index (κ2) is 5.21. The average molecular weight is 306 g/mol. The van der Waals surface area contributed by atoms with Gasteiger partial charge in [-0.2, -0.15) is 0 Å². The van der Waals surface area contributed by atoms with Gasteiger partial charge in [-0.15, -0.1) is 0 Å². The maximum atomic E-state index is 5.94. The first-order valence-corrected chi connectivity index (χ1v) is 6.42. The number of halogens is 2. The molecule has 0 unspecified atom stereocenters. The first-order chi connectivity index (χ1) is 7.66. The Labute approximate surface area is 108 Å². The Balaban J connectivity index is 2.11. The van der Waals surface area contributed by atoms with Crippen LogP contribution >= 0.6 is 27.5 Å². The van der Waals surface area contributed by atoms with E-state index in [-0.39, 0.29) is 0 Å². The number of hydrogen-bond donors (Lipinski definition) is 3. The highest BCUT2D eigenvalue weighted by Crippen LogP contribution is 2.28. The maximum absolute atomic E-state index is 5.94. The Morgan fingerprint density at radius 2 is 2.19 bits per heavy atom. The number of nitrogen functional groups attached to an aromatic ring is 1. The number of nitrogens with zero attached hydrogens (tertiary/aromatic N) is 1. The molecule has 1 aromatic rings. The van der Waals surface area contributed by atoms with E-state index in [9.17, 15) is 0 Å². The summed E-state index contributed by atoms with van der Waals surface area (Å²) >= 11 is 9.23. The van der Waals surface area contributed by atoms with Crippen LogP contribution in [-0.2, 0) is 0 Å². The molecule has 6 heteroatoms. The topological polar surface area (TPSA) is 63.0 Å². The molecule has 2 rings (SSSR count). The van der Waals surface area contributed by atoms with Crippen LogP contribution in [0.5, 0.6) is 0 Å². The molecule has 4 nitrogen and oxygen atoms in total. The van der Waals surface area contributed by atoms with Crippen LogP contribution in [0.2, 0.25) is 5.15 Å². The summed E-state index contributed by atoms with van der Waals surface area (Å²) in [6.07, 6.45) is 2.16. The Morgan fingerprint density at radius 3 is 2.88 bits per heavy atom. The lowest BCUT2D eigenvalue weighted by molar-refractivity contribution is 0.478. The summed E-state index contributed by atoms with van der Waals surface area (Å²) in [6, 6.07) is 2.20. The largest absolute Gasteiger partial charge is 0.396 e. The first-order valence-electron chi connectivity index (χ1n) is 5.25. The van der Waals surface area contributed by atoms with Crippen molar-refractivity contribution >= 4 is 39.0 Å². The van der Waals surface area contributed by atoms with E-state index in [0.29, 0.717) is 22.7 Å². The van der Waals surface area contributed by atoms with Gasteiger partial charge in [0.1, 0.15) is 5.15 Å². The third-order valence-corrected chi connectivity index (χ3v) is 3.76. The van der Waals surface area contributed by atoms with Crippen LogP contribution < -0.4 is 16.4 Å². The van der Waals surface area contributed by atoms with Gasteiger partial charge >= 0.3 is 0 Å². The minimum atomic E-state index is 0.424. The zero-order chi connectivity index (χ0) is 11.5. The predicted molar refractivity (Wildman–Crippen MR) is 70.9 cm³/mol. The smallest absolute Gasteiger partial charge is 0.151 e. The normalized spacial score (nSPS) is 17.4. The summed E-state index contributed by atoms with van der Waals surface area (Å²) in [4.78, 5) is 4.23. The van der Waals surface area contributed by atoms with Gasteiger partial charge in [0.25, 0.3) is 0 Å². The quantitative estimate of drug-likeness (QED) is 0.733. The molecule has 4 N–H and O–H groups in total. The fourth-order valence-electron chi connectivity index (χ4n) is 1.76. The van der Waals surface area contributed by atoms with Crippen LogP contribution in [0.4, 0.5) is 11.5 Å². The van der Waals surface area contributed by atoms with Gasteiger partial charge in [0.05, 0.1) is 10.2 Å². The molecule has 2 heterocycles. The van der Waals surface area contributed by atoms with Gasteiger partial charge in [0.15, 0.2) is 5.82 Å². The van der Waals surface area contributed by atoms with Gasteiger partial charge < -0.3 is 16.4 Å². The van der Waals surface area contributed by atoms with Crippen LogP contribution in [0.3, 0.4) is 0 Å².